The first-order valence-corrected chi connectivity index (χ1v) is 11.6. The third-order valence-electron chi connectivity index (χ3n) is 3.92. The molecule has 1 N–H and O–H groups in total. The molecule has 2 aromatic carbocycles. The molecule has 1 aliphatic heterocycles. The summed E-state index contributed by atoms with van der Waals surface area (Å²) in [7, 11) is -4.18. The predicted octanol–water partition coefficient (Wildman–Crippen LogP) is 4.01. The first-order valence-electron chi connectivity index (χ1n) is 8.39. The summed E-state index contributed by atoms with van der Waals surface area (Å²) in [6.45, 7) is 0.184. The molecular formula is C19H16ClNO5S3. The van der Waals surface area contributed by atoms with Gasteiger partial charge in [0.2, 0.25) is 0 Å². The van der Waals surface area contributed by atoms with Gasteiger partial charge in [0.15, 0.2) is 0 Å². The van der Waals surface area contributed by atoms with E-state index in [1.165, 1.54) is 4.90 Å². The molecule has 0 atom stereocenters. The minimum Gasteiger partial charge on any atom is -0.489 e. The number of thioether (sulfide) groups is 1. The summed E-state index contributed by atoms with van der Waals surface area (Å²) in [6, 6.07) is 14.6. The van der Waals surface area contributed by atoms with Crippen molar-refractivity contribution in [1.29, 1.82) is 0 Å². The highest BCUT2D eigenvalue weighted by molar-refractivity contribution is 8.26. The Morgan fingerprint density at radius 3 is 2.62 bits per heavy atom. The lowest BCUT2D eigenvalue weighted by molar-refractivity contribution is -0.121. The van der Waals surface area contributed by atoms with E-state index < -0.39 is 21.8 Å². The molecule has 152 valence electrons. The van der Waals surface area contributed by atoms with Crippen LogP contribution in [0.25, 0.3) is 6.08 Å². The van der Waals surface area contributed by atoms with Crippen LogP contribution in [0, 0.1) is 0 Å². The van der Waals surface area contributed by atoms with E-state index >= 15 is 0 Å². The topological polar surface area (TPSA) is 83.9 Å². The average molecular weight is 470 g/mol. The Kier molecular flexibility index (Phi) is 6.97. The molecule has 10 heteroatoms. The fourth-order valence-electron chi connectivity index (χ4n) is 2.49. The van der Waals surface area contributed by atoms with Crippen molar-refractivity contribution in [2.24, 2.45) is 0 Å². The third-order valence-corrected chi connectivity index (χ3v) is 6.25. The lowest BCUT2D eigenvalue weighted by Gasteiger charge is -2.12. The summed E-state index contributed by atoms with van der Waals surface area (Å²) < 4.78 is 36.8. The summed E-state index contributed by atoms with van der Waals surface area (Å²) >= 11 is 12.1. The Morgan fingerprint density at radius 1 is 1.21 bits per heavy atom. The summed E-state index contributed by atoms with van der Waals surface area (Å²) in [5.74, 6) is -0.326. The van der Waals surface area contributed by atoms with Crippen LogP contribution < -0.4 is 4.74 Å². The van der Waals surface area contributed by atoms with Gasteiger partial charge in [0.25, 0.3) is 16.0 Å². The molecule has 29 heavy (non-hydrogen) atoms. The Labute approximate surface area is 183 Å². The molecule has 0 aliphatic carbocycles. The molecule has 1 aliphatic rings. The standard InChI is InChI=1S/C19H16ClNO5S3/c20-15-6-4-13(5-7-15)12-26-16-3-1-2-14(10-16)11-17-18(22)21(19(27)28-17)8-9-29(23,24)25/h1-7,10-11H,8-9,12H2,(H,23,24,25). The van der Waals surface area contributed by atoms with Crippen LogP contribution in [0.3, 0.4) is 0 Å². The zero-order chi connectivity index (χ0) is 21.0. The van der Waals surface area contributed by atoms with Crippen LogP contribution >= 0.6 is 35.6 Å². The number of nitrogens with zero attached hydrogens (tertiary/aromatic N) is 1. The van der Waals surface area contributed by atoms with Gasteiger partial charge in [-0.15, -0.1) is 0 Å². The van der Waals surface area contributed by atoms with Crippen molar-refractivity contribution in [2.45, 2.75) is 6.61 Å². The van der Waals surface area contributed by atoms with Gasteiger partial charge in [-0.25, -0.2) is 0 Å². The van der Waals surface area contributed by atoms with Crippen LogP contribution in [0.4, 0.5) is 0 Å². The van der Waals surface area contributed by atoms with Crippen LogP contribution in [0.2, 0.25) is 5.02 Å². The van der Waals surface area contributed by atoms with Crippen molar-refractivity contribution in [3.05, 3.63) is 69.6 Å². The zero-order valence-corrected chi connectivity index (χ0v) is 18.2. The van der Waals surface area contributed by atoms with E-state index in [2.05, 4.69) is 0 Å². The molecule has 0 spiro atoms. The van der Waals surface area contributed by atoms with Crippen LogP contribution in [-0.4, -0.2) is 40.4 Å². The molecular weight excluding hydrogens is 454 g/mol. The lowest BCUT2D eigenvalue weighted by Crippen LogP contribution is -2.32. The molecule has 0 bridgehead atoms. The number of carbonyl (C=O) groups excluding carboxylic acids is 1. The van der Waals surface area contributed by atoms with Gasteiger partial charge in [0.1, 0.15) is 16.7 Å². The maximum Gasteiger partial charge on any atom is 0.266 e. The number of hydrogen-bond acceptors (Lipinski definition) is 6. The van der Waals surface area contributed by atoms with Crippen LogP contribution in [0.15, 0.2) is 53.4 Å². The second kappa shape index (κ2) is 9.27. The monoisotopic (exact) mass is 469 g/mol. The van der Waals surface area contributed by atoms with Gasteiger partial charge in [0, 0.05) is 11.6 Å². The molecule has 0 saturated carbocycles. The number of thiocarbonyl (C=S) groups is 1. The van der Waals surface area contributed by atoms with Crippen LogP contribution in [-0.2, 0) is 21.5 Å². The van der Waals surface area contributed by atoms with E-state index in [1.807, 2.05) is 30.3 Å². The molecule has 1 heterocycles. The van der Waals surface area contributed by atoms with Crippen molar-refractivity contribution >= 4 is 62.0 Å². The number of benzene rings is 2. The zero-order valence-electron chi connectivity index (χ0n) is 14.9. The minimum atomic E-state index is -4.18. The molecule has 0 aromatic heterocycles. The normalized spacial score (nSPS) is 15.9. The highest BCUT2D eigenvalue weighted by Gasteiger charge is 2.32. The second-order valence-electron chi connectivity index (χ2n) is 6.11. The number of rotatable bonds is 7. The molecule has 0 unspecified atom stereocenters. The number of carbonyl (C=O) groups is 1. The van der Waals surface area contributed by atoms with Crippen molar-refractivity contribution in [1.82, 2.24) is 4.90 Å². The lowest BCUT2D eigenvalue weighted by atomic mass is 10.2. The first kappa shape index (κ1) is 21.8. The van der Waals surface area contributed by atoms with Gasteiger partial charge in [-0.1, -0.05) is 59.8 Å². The maximum atomic E-state index is 12.5. The Hall–Kier alpha value is -1.91. The number of amides is 1. The summed E-state index contributed by atoms with van der Waals surface area (Å²) in [5, 5.41) is 0.657. The summed E-state index contributed by atoms with van der Waals surface area (Å²) in [5.41, 5.74) is 1.72. The molecule has 1 fully saturated rings. The highest BCUT2D eigenvalue weighted by Crippen LogP contribution is 2.33. The van der Waals surface area contributed by atoms with Crippen molar-refractivity contribution in [2.75, 3.05) is 12.3 Å². The molecule has 6 nitrogen and oxygen atoms in total. The van der Waals surface area contributed by atoms with E-state index in [1.54, 1.807) is 24.3 Å². The number of hydrogen-bond donors (Lipinski definition) is 1. The van der Waals surface area contributed by atoms with Crippen molar-refractivity contribution in [3.8, 4) is 5.75 Å². The molecule has 2 aromatic rings. The molecule has 1 amide bonds. The molecule has 1 saturated heterocycles. The fraction of sp³-hybridized carbons (Fsp3) is 0.158. The highest BCUT2D eigenvalue weighted by atomic mass is 35.5. The minimum absolute atomic E-state index is 0.189. The maximum absolute atomic E-state index is 12.5. The fourth-order valence-corrected chi connectivity index (χ4v) is 4.34. The van der Waals surface area contributed by atoms with Gasteiger partial charge in [-0.2, -0.15) is 8.42 Å². The average Bonchev–Trinajstić information content (AvgIpc) is 2.92. The van der Waals surface area contributed by atoms with Gasteiger partial charge < -0.3 is 4.74 Å². The smallest absolute Gasteiger partial charge is 0.266 e. The quantitative estimate of drug-likeness (QED) is 0.372. The van der Waals surface area contributed by atoms with E-state index in [9.17, 15) is 13.2 Å². The molecule has 0 radical (unpaired) electrons. The number of ether oxygens (including phenoxy) is 1. The van der Waals surface area contributed by atoms with E-state index in [-0.39, 0.29) is 10.9 Å². The molecule has 3 rings (SSSR count). The Bertz CT molecular complexity index is 1070. The summed E-state index contributed by atoms with van der Waals surface area (Å²) in [4.78, 5) is 14.0. The SMILES string of the molecule is O=C1C(=Cc2cccc(OCc3ccc(Cl)cc3)c2)SC(=S)N1CCS(=O)(=O)O. The van der Waals surface area contributed by atoms with E-state index in [0.717, 1.165) is 22.9 Å². The van der Waals surface area contributed by atoms with Gasteiger partial charge in [-0.05, 0) is 41.5 Å². The first-order chi connectivity index (χ1) is 13.7. The summed E-state index contributed by atoms with van der Waals surface area (Å²) in [6.07, 6.45) is 1.67. The van der Waals surface area contributed by atoms with Crippen LogP contribution in [0.5, 0.6) is 5.75 Å². The van der Waals surface area contributed by atoms with Crippen molar-refractivity contribution < 1.29 is 22.5 Å². The van der Waals surface area contributed by atoms with Gasteiger partial charge in [0.05, 0.1) is 10.7 Å². The van der Waals surface area contributed by atoms with E-state index in [4.69, 9.17) is 33.1 Å². The van der Waals surface area contributed by atoms with E-state index in [0.29, 0.717) is 22.3 Å². The predicted molar refractivity (Wildman–Crippen MR) is 119 cm³/mol. The Balaban J connectivity index is 1.68. The van der Waals surface area contributed by atoms with Gasteiger partial charge in [-0.3, -0.25) is 14.2 Å². The number of halogens is 1. The third kappa shape index (κ3) is 6.28. The van der Waals surface area contributed by atoms with Crippen LogP contribution in [0.1, 0.15) is 11.1 Å². The Morgan fingerprint density at radius 2 is 1.93 bits per heavy atom. The largest absolute Gasteiger partial charge is 0.489 e. The van der Waals surface area contributed by atoms with Crippen molar-refractivity contribution in [3.63, 3.8) is 0 Å². The second-order valence-corrected chi connectivity index (χ2v) is 9.79. The van der Waals surface area contributed by atoms with Gasteiger partial charge >= 0.3 is 0 Å².